The van der Waals surface area contributed by atoms with Gasteiger partial charge in [0.1, 0.15) is 0 Å². The average Bonchev–Trinajstić information content (AvgIpc) is 3.08. The van der Waals surface area contributed by atoms with Crippen molar-refractivity contribution < 1.29 is 4.79 Å². The molecule has 3 rings (SSSR count). The van der Waals surface area contributed by atoms with Crippen molar-refractivity contribution in [2.75, 3.05) is 19.6 Å². The Morgan fingerprint density at radius 3 is 2.88 bits per heavy atom. The van der Waals surface area contributed by atoms with Crippen LogP contribution in [0.5, 0.6) is 0 Å². The first-order valence-corrected chi connectivity index (χ1v) is 8.15. The van der Waals surface area contributed by atoms with E-state index in [9.17, 15) is 10.1 Å². The summed E-state index contributed by atoms with van der Waals surface area (Å²) >= 11 is 0. The largest absolute Gasteiger partial charge is 0.352 e. The first-order valence-electron chi connectivity index (χ1n) is 8.15. The van der Waals surface area contributed by atoms with Crippen LogP contribution in [0.3, 0.4) is 0 Å². The van der Waals surface area contributed by atoms with Crippen LogP contribution in [-0.2, 0) is 6.54 Å². The molecule has 2 aromatic rings. The van der Waals surface area contributed by atoms with Gasteiger partial charge in [0, 0.05) is 37.6 Å². The molecule has 122 valence electrons. The molecule has 1 aliphatic rings. The number of nitrogens with zero attached hydrogens (tertiary/aromatic N) is 3. The monoisotopic (exact) mass is 320 g/mol. The highest BCUT2D eigenvalue weighted by molar-refractivity contribution is 5.93. The minimum absolute atomic E-state index is 0.0503. The Labute approximate surface area is 141 Å². The van der Waals surface area contributed by atoms with E-state index in [4.69, 9.17) is 0 Å². The number of hydrogen-bond acceptors (Lipinski definition) is 4. The Kier molecular flexibility index (Phi) is 5.19. The smallest absolute Gasteiger partial charge is 0.251 e. The SMILES string of the molecule is N#Cc1ccccc1CN1CCC(CNC(=O)c2ccncc2)C1. The fourth-order valence-electron chi connectivity index (χ4n) is 3.07. The molecular weight excluding hydrogens is 300 g/mol. The molecule has 2 heterocycles. The zero-order chi connectivity index (χ0) is 16.8. The molecule has 0 radical (unpaired) electrons. The van der Waals surface area contributed by atoms with Crippen molar-refractivity contribution in [2.45, 2.75) is 13.0 Å². The van der Waals surface area contributed by atoms with E-state index in [1.807, 2.05) is 24.3 Å². The van der Waals surface area contributed by atoms with Crippen molar-refractivity contribution in [1.82, 2.24) is 15.2 Å². The summed E-state index contributed by atoms with van der Waals surface area (Å²) < 4.78 is 0. The molecule has 0 spiro atoms. The number of nitrogens with one attached hydrogen (secondary N) is 1. The van der Waals surface area contributed by atoms with Gasteiger partial charge in [-0.15, -0.1) is 0 Å². The fourth-order valence-corrected chi connectivity index (χ4v) is 3.07. The molecular formula is C19H20N4O. The predicted octanol–water partition coefficient (Wildman–Crippen LogP) is 2.21. The lowest BCUT2D eigenvalue weighted by Gasteiger charge is -2.17. The number of benzene rings is 1. The fraction of sp³-hybridized carbons (Fsp3) is 0.316. The average molecular weight is 320 g/mol. The molecule has 1 saturated heterocycles. The Balaban J connectivity index is 1.49. The Morgan fingerprint density at radius 2 is 2.08 bits per heavy atom. The van der Waals surface area contributed by atoms with Gasteiger partial charge >= 0.3 is 0 Å². The van der Waals surface area contributed by atoms with Gasteiger partial charge in [-0.3, -0.25) is 14.7 Å². The van der Waals surface area contributed by atoms with E-state index >= 15 is 0 Å². The van der Waals surface area contributed by atoms with Gasteiger partial charge in [-0.05, 0) is 42.6 Å². The minimum Gasteiger partial charge on any atom is -0.352 e. The normalized spacial score (nSPS) is 17.4. The minimum atomic E-state index is -0.0503. The van der Waals surface area contributed by atoms with Crippen LogP contribution in [0.2, 0.25) is 0 Å². The molecule has 0 bridgehead atoms. The van der Waals surface area contributed by atoms with E-state index in [2.05, 4.69) is 21.3 Å². The quantitative estimate of drug-likeness (QED) is 0.917. The first kappa shape index (κ1) is 16.2. The number of rotatable bonds is 5. The lowest BCUT2D eigenvalue weighted by atomic mass is 10.1. The number of amides is 1. The van der Waals surface area contributed by atoms with Crippen LogP contribution < -0.4 is 5.32 Å². The van der Waals surface area contributed by atoms with Crippen molar-refractivity contribution in [3.05, 3.63) is 65.5 Å². The van der Waals surface area contributed by atoms with Crippen LogP contribution in [0.25, 0.3) is 0 Å². The highest BCUT2D eigenvalue weighted by Gasteiger charge is 2.23. The van der Waals surface area contributed by atoms with Crippen molar-refractivity contribution in [3.8, 4) is 6.07 Å². The summed E-state index contributed by atoms with van der Waals surface area (Å²) in [6.07, 6.45) is 4.31. The summed E-state index contributed by atoms with van der Waals surface area (Å²) in [6.45, 7) is 3.40. The summed E-state index contributed by atoms with van der Waals surface area (Å²) in [5.41, 5.74) is 2.45. The molecule has 24 heavy (non-hydrogen) atoms. The highest BCUT2D eigenvalue weighted by atomic mass is 16.1. The number of nitriles is 1. The van der Waals surface area contributed by atoms with Crippen LogP contribution in [0.15, 0.2) is 48.8 Å². The summed E-state index contributed by atoms with van der Waals surface area (Å²) in [7, 11) is 0. The van der Waals surface area contributed by atoms with Crippen LogP contribution >= 0.6 is 0 Å². The van der Waals surface area contributed by atoms with Gasteiger partial charge in [-0.2, -0.15) is 5.26 Å². The lowest BCUT2D eigenvalue weighted by molar-refractivity contribution is 0.0947. The van der Waals surface area contributed by atoms with E-state index in [1.165, 1.54) is 0 Å². The number of carbonyl (C=O) groups is 1. The van der Waals surface area contributed by atoms with Gasteiger partial charge in [0.15, 0.2) is 0 Å². The Hall–Kier alpha value is -2.71. The molecule has 5 nitrogen and oxygen atoms in total. The van der Waals surface area contributed by atoms with Crippen molar-refractivity contribution >= 4 is 5.91 Å². The molecule has 1 unspecified atom stereocenters. The maximum Gasteiger partial charge on any atom is 0.251 e. The molecule has 0 aliphatic carbocycles. The van der Waals surface area contributed by atoms with E-state index in [0.29, 0.717) is 18.0 Å². The first-order chi connectivity index (χ1) is 11.8. The third-order valence-electron chi connectivity index (χ3n) is 4.40. The van der Waals surface area contributed by atoms with Crippen LogP contribution in [0.4, 0.5) is 0 Å². The Bertz CT molecular complexity index is 739. The second kappa shape index (κ2) is 7.71. The second-order valence-corrected chi connectivity index (χ2v) is 6.10. The molecule has 1 aromatic carbocycles. The van der Waals surface area contributed by atoms with Crippen LogP contribution in [0, 0.1) is 17.2 Å². The zero-order valence-electron chi connectivity index (χ0n) is 13.5. The van der Waals surface area contributed by atoms with Crippen LogP contribution in [-0.4, -0.2) is 35.4 Å². The number of pyridine rings is 1. The molecule has 0 saturated carbocycles. The van der Waals surface area contributed by atoms with Crippen molar-refractivity contribution in [2.24, 2.45) is 5.92 Å². The standard InChI is InChI=1S/C19H20N4O/c20-11-17-3-1-2-4-18(17)14-23-10-7-15(13-23)12-22-19(24)16-5-8-21-9-6-16/h1-6,8-9,15H,7,10,12-14H2,(H,22,24). The third-order valence-corrected chi connectivity index (χ3v) is 4.40. The molecule has 1 fully saturated rings. The summed E-state index contributed by atoms with van der Waals surface area (Å²) in [6, 6.07) is 13.4. The van der Waals surface area contributed by atoms with Crippen molar-refractivity contribution in [3.63, 3.8) is 0 Å². The number of hydrogen-bond donors (Lipinski definition) is 1. The Morgan fingerprint density at radius 1 is 1.29 bits per heavy atom. The van der Waals surface area contributed by atoms with E-state index in [0.717, 1.165) is 37.2 Å². The molecule has 1 atom stereocenters. The molecule has 1 aliphatic heterocycles. The van der Waals surface area contributed by atoms with Crippen molar-refractivity contribution in [1.29, 1.82) is 5.26 Å². The predicted molar refractivity (Wildman–Crippen MR) is 91.1 cm³/mol. The topological polar surface area (TPSA) is 69.0 Å². The summed E-state index contributed by atoms with van der Waals surface area (Å²) in [5, 5.41) is 12.2. The molecule has 1 N–H and O–H groups in total. The van der Waals surface area contributed by atoms with Gasteiger partial charge in [0.2, 0.25) is 0 Å². The van der Waals surface area contributed by atoms with E-state index in [1.54, 1.807) is 24.5 Å². The van der Waals surface area contributed by atoms with Gasteiger partial charge in [-0.25, -0.2) is 0 Å². The summed E-state index contributed by atoms with van der Waals surface area (Å²) in [5.74, 6) is 0.399. The zero-order valence-corrected chi connectivity index (χ0v) is 13.5. The van der Waals surface area contributed by atoms with Gasteiger partial charge in [-0.1, -0.05) is 18.2 Å². The molecule has 1 amide bonds. The summed E-state index contributed by atoms with van der Waals surface area (Å²) in [4.78, 5) is 18.3. The lowest BCUT2D eigenvalue weighted by Crippen LogP contribution is -2.31. The number of carbonyl (C=O) groups excluding carboxylic acids is 1. The van der Waals surface area contributed by atoms with Crippen LogP contribution in [0.1, 0.15) is 27.9 Å². The highest BCUT2D eigenvalue weighted by Crippen LogP contribution is 2.19. The maximum atomic E-state index is 12.1. The second-order valence-electron chi connectivity index (χ2n) is 6.10. The molecule has 5 heteroatoms. The number of likely N-dealkylation sites (tertiary alicyclic amines) is 1. The van der Waals surface area contributed by atoms with Gasteiger partial charge < -0.3 is 5.32 Å². The van der Waals surface area contributed by atoms with E-state index in [-0.39, 0.29) is 5.91 Å². The van der Waals surface area contributed by atoms with Gasteiger partial charge in [0.05, 0.1) is 11.6 Å². The van der Waals surface area contributed by atoms with E-state index < -0.39 is 0 Å². The number of aromatic nitrogens is 1. The third kappa shape index (κ3) is 3.98. The maximum absolute atomic E-state index is 12.1. The molecule has 1 aromatic heterocycles. The van der Waals surface area contributed by atoms with Gasteiger partial charge in [0.25, 0.3) is 5.91 Å².